The number of ether oxygens (including phenoxy) is 2. The summed E-state index contributed by atoms with van der Waals surface area (Å²) in [7, 11) is 6.01. The summed E-state index contributed by atoms with van der Waals surface area (Å²) in [5.41, 5.74) is 0.819. The van der Waals surface area contributed by atoms with Gasteiger partial charge in [0.25, 0.3) is 0 Å². The molecule has 0 bridgehead atoms. The Bertz CT molecular complexity index is 352. The molecule has 5 nitrogen and oxygen atoms in total. The Morgan fingerprint density at radius 2 is 1.59 bits per heavy atom. The molecule has 0 atom stereocenters. The zero-order valence-electron chi connectivity index (χ0n) is 10.5. The first-order valence-electron chi connectivity index (χ1n) is 4.70. The summed E-state index contributed by atoms with van der Waals surface area (Å²) in [6, 6.07) is 1.51. The van der Waals surface area contributed by atoms with Crippen LogP contribution in [-0.4, -0.2) is 33.5 Å². The zero-order chi connectivity index (χ0) is 13.4. The molecule has 6 heteroatoms. The van der Waals surface area contributed by atoms with Gasteiger partial charge in [-0.05, 0) is 22.9 Å². The minimum Gasteiger partial charge on any atom is -0.507 e. The molecule has 0 saturated heterocycles. The number of methoxy groups -OCH3 is 2. The number of hydrogen-bond donors (Lipinski definition) is 1. The highest BCUT2D eigenvalue weighted by Gasteiger charge is 2.13. The summed E-state index contributed by atoms with van der Waals surface area (Å²) in [5, 5.41) is 9.45. The van der Waals surface area contributed by atoms with E-state index in [1.165, 1.54) is 27.4 Å². The van der Waals surface area contributed by atoms with Gasteiger partial charge in [-0.15, -0.1) is 0 Å². The van der Waals surface area contributed by atoms with Crippen LogP contribution in [0.5, 0.6) is 17.2 Å². The van der Waals surface area contributed by atoms with E-state index in [4.69, 9.17) is 9.47 Å². The molecule has 17 heavy (non-hydrogen) atoms. The van der Waals surface area contributed by atoms with Gasteiger partial charge in [0.15, 0.2) is 11.5 Å². The highest BCUT2D eigenvalue weighted by molar-refractivity contribution is 9.10. The first kappa shape index (κ1) is 16.0. The Hall–Kier alpha value is -0.980. The molecular formula is C11H17BrO5. The van der Waals surface area contributed by atoms with Crippen molar-refractivity contribution < 1.29 is 24.4 Å². The van der Waals surface area contributed by atoms with Crippen LogP contribution < -0.4 is 9.47 Å². The van der Waals surface area contributed by atoms with Crippen LogP contribution in [0, 0.1) is 6.92 Å². The molecular weight excluding hydrogens is 292 g/mol. The largest absolute Gasteiger partial charge is 0.507 e. The molecule has 0 amide bonds. The van der Waals surface area contributed by atoms with E-state index < -0.39 is 0 Å². The number of rotatable bonds is 3. The van der Waals surface area contributed by atoms with Gasteiger partial charge in [-0.3, -0.25) is 0 Å². The fourth-order valence-corrected chi connectivity index (χ4v) is 1.43. The van der Waals surface area contributed by atoms with Gasteiger partial charge >= 0.3 is 0 Å². The monoisotopic (exact) mass is 308 g/mol. The maximum absolute atomic E-state index is 9.45. The van der Waals surface area contributed by atoms with E-state index in [0.29, 0.717) is 16.0 Å². The third-order valence-electron chi connectivity index (χ3n) is 1.98. The molecule has 0 unspecified atom stereocenters. The van der Waals surface area contributed by atoms with E-state index in [1.807, 2.05) is 6.92 Å². The Balaban J connectivity index is 0.000000557. The molecule has 0 spiro atoms. The average molecular weight is 309 g/mol. The molecule has 0 heterocycles. The number of aromatic hydroxyl groups is 1. The summed E-state index contributed by atoms with van der Waals surface area (Å²) >= 11 is 3.25. The molecule has 1 aromatic carbocycles. The van der Waals surface area contributed by atoms with Gasteiger partial charge in [-0.1, -0.05) is 0 Å². The minimum absolute atomic E-state index is 0.148. The van der Waals surface area contributed by atoms with Gasteiger partial charge < -0.3 is 14.6 Å². The van der Waals surface area contributed by atoms with Crippen LogP contribution in [0.1, 0.15) is 5.56 Å². The molecule has 0 fully saturated rings. The minimum atomic E-state index is 0.148. The maximum atomic E-state index is 9.45. The lowest BCUT2D eigenvalue weighted by molar-refractivity contribution is -0.248. The summed E-state index contributed by atoms with van der Waals surface area (Å²) < 4.78 is 10.8. The van der Waals surface area contributed by atoms with Crippen LogP contribution in [0.4, 0.5) is 0 Å². The highest BCUT2D eigenvalue weighted by atomic mass is 79.9. The third kappa shape index (κ3) is 4.41. The molecule has 0 aliphatic carbocycles. The standard InChI is InChI=1S/C9H11BrO3.C2H6O2/c1-5-8(10)6(11)4-7(12-2)9(5)13-3;1-3-4-2/h4,11H,1-3H3;1-2H3. The average Bonchev–Trinajstić information content (AvgIpc) is 2.35. The number of phenols is 1. The SMILES string of the molecule is COOC.COc1cc(O)c(Br)c(C)c1OC. The van der Waals surface area contributed by atoms with Crippen molar-refractivity contribution in [2.45, 2.75) is 6.92 Å². The first-order valence-corrected chi connectivity index (χ1v) is 5.49. The second-order valence-electron chi connectivity index (χ2n) is 2.90. The summed E-state index contributed by atoms with van der Waals surface area (Å²) in [6.45, 7) is 1.84. The Morgan fingerprint density at radius 3 is 1.94 bits per heavy atom. The first-order chi connectivity index (χ1) is 8.03. The van der Waals surface area contributed by atoms with E-state index in [1.54, 1.807) is 7.11 Å². The van der Waals surface area contributed by atoms with E-state index in [-0.39, 0.29) is 5.75 Å². The number of phenolic OH excluding ortho intramolecular Hbond substituents is 1. The molecule has 1 rings (SSSR count). The van der Waals surface area contributed by atoms with Crippen LogP contribution in [0.25, 0.3) is 0 Å². The van der Waals surface area contributed by atoms with Crippen molar-refractivity contribution in [3.63, 3.8) is 0 Å². The predicted molar refractivity (Wildman–Crippen MR) is 67.7 cm³/mol. The van der Waals surface area contributed by atoms with Crippen molar-refractivity contribution in [2.75, 3.05) is 28.4 Å². The van der Waals surface area contributed by atoms with Gasteiger partial charge in [0, 0.05) is 11.6 Å². The topological polar surface area (TPSA) is 57.2 Å². The van der Waals surface area contributed by atoms with E-state index in [9.17, 15) is 5.11 Å². The molecule has 0 radical (unpaired) electrons. The maximum Gasteiger partial charge on any atom is 0.165 e. The molecule has 1 aromatic rings. The molecule has 0 aliphatic rings. The smallest absolute Gasteiger partial charge is 0.165 e. The van der Waals surface area contributed by atoms with Crippen LogP contribution in [-0.2, 0) is 9.78 Å². The van der Waals surface area contributed by atoms with Crippen molar-refractivity contribution in [3.8, 4) is 17.2 Å². The van der Waals surface area contributed by atoms with Crippen molar-refractivity contribution in [1.82, 2.24) is 0 Å². The fraction of sp³-hybridized carbons (Fsp3) is 0.455. The summed E-state index contributed by atoms with van der Waals surface area (Å²) in [5.74, 6) is 1.31. The van der Waals surface area contributed by atoms with Crippen LogP contribution >= 0.6 is 15.9 Å². The lowest BCUT2D eigenvalue weighted by Crippen LogP contribution is -1.93. The summed E-state index contributed by atoms with van der Waals surface area (Å²) in [4.78, 5) is 8.08. The molecule has 0 saturated carbocycles. The normalized spacial score (nSPS) is 9.29. The quantitative estimate of drug-likeness (QED) is 0.687. The van der Waals surface area contributed by atoms with Crippen molar-refractivity contribution in [1.29, 1.82) is 0 Å². The predicted octanol–water partition coefficient (Wildman–Crippen LogP) is 2.67. The van der Waals surface area contributed by atoms with E-state index in [2.05, 4.69) is 25.7 Å². The Labute approximate surface area is 109 Å². The van der Waals surface area contributed by atoms with Gasteiger partial charge in [0.05, 0.1) is 32.9 Å². The number of hydrogen-bond acceptors (Lipinski definition) is 5. The molecule has 1 N–H and O–H groups in total. The van der Waals surface area contributed by atoms with Gasteiger partial charge in [-0.25, -0.2) is 9.78 Å². The Kier molecular flexibility index (Phi) is 7.69. The van der Waals surface area contributed by atoms with Crippen molar-refractivity contribution >= 4 is 15.9 Å². The van der Waals surface area contributed by atoms with Gasteiger partial charge in [0.1, 0.15) is 5.75 Å². The number of benzene rings is 1. The third-order valence-corrected chi connectivity index (χ3v) is 2.98. The second kappa shape index (κ2) is 8.16. The molecule has 0 aromatic heterocycles. The van der Waals surface area contributed by atoms with Gasteiger partial charge in [0.2, 0.25) is 0 Å². The lowest BCUT2D eigenvalue weighted by Gasteiger charge is -2.12. The Morgan fingerprint density at radius 1 is 1.06 bits per heavy atom. The van der Waals surface area contributed by atoms with Crippen molar-refractivity contribution in [2.24, 2.45) is 0 Å². The highest BCUT2D eigenvalue weighted by Crippen LogP contribution is 2.41. The van der Waals surface area contributed by atoms with Crippen LogP contribution in [0.2, 0.25) is 0 Å². The van der Waals surface area contributed by atoms with E-state index in [0.717, 1.165) is 5.56 Å². The molecule has 0 aliphatic heterocycles. The molecule has 98 valence electrons. The summed E-state index contributed by atoms with van der Waals surface area (Å²) in [6.07, 6.45) is 0. The zero-order valence-corrected chi connectivity index (χ0v) is 12.1. The lowest BCUT2D eigenvalue weighted by atomic mass is 10.2. The van der Waals surface area contributed by atoms with Crippen LogP contribution in [0.15, 0.2) is 10.5 Å². The van der Waals surface area contributed by atoms with E-state index >= 15 is 0 Å². The number of halogens is 1. The van der Waals surface area contributed by atoms with Crippen LogP contribution in [0.3, 0.4) is 0 Å². The second-order valence-corrected chi connectivity index (χ2v) is 3.70. The van der Waals surface area contributed by atoms with Gasteiger partial charge in [-0.2, -0.15) is 0 Å². The van der Waals surface area contributed by atoms with Crippen molar-refractivity contribution in [3.05, 3.63) is 16.1 Å². The fourth-order valence-electron chi connectivity index (χ4n) is 1.13.